The first-order chi connectivity index (χ1) is 21.3. The van der Waals surface area contributed by atoms with Gasteiger partial charge >= 0.3 is 5.97 Å². The van der Waals surface area contributed by atoms with Crippen molar-refractivity contribution >= 4 is 23.7 Å². The van der Waals surface area contributed by atoms with E-state index in [0.29, 0.717) is 18.5 Å². The van der Waals surface area contributed by atoms with Crippen molar-refractivity contribution in [3.05, 3.63) is 60.2 Å². The summed E-state index contributed by atoms with van der Waals surface area (Å²) in [6, 6.07) is 6.98. The molecule has 8 atom stereocenters. The Morgan fingerprint density at radius 3 is 2.52 bits per heavy atom. The van der Waals surface area contributed by atoms with Gasteiger partial charge in [0.1, 0.15) is 23.7 Å². The van der Waals surface area contributed by atoms with Crippen LogP contribution in [0.3, 0.4) is 0 Å². The Kier molecular flexibility index (Phi) is 8.66. The molecule has 1 aromatic rings. The maximum Gasteiger partial charge on any atom is 0.313 e. The fourth-order valence-electron chi connectivity index (χ4n) is 7.92. The molecule has 10 heteroatoms. The molecule has 5 bridgehead atoms. The number of carbonyl (C=O) groups excluding carboxylic acids is 4. The summed E-state index contributed by atoms with van der Waals surface area (Å²) in [6.45, 7) is 3.51. The van der Waals surface area contributed by atoms with Crippen LogP contribution in [0.1, 0.15) is 70.5 Å². The van der Waals surface area contributed by atoms with Gasteiger partial charge < -0.3 is 29.7 Å². The highest BCUT2D eigenvalue weighted by atomic mass is 16.6. The molecule has 44 heavy (non-hydrogen) atoms. The number of carbonyl (C=O) groups is 4. The number of benzene rings is 1. The summed E-state index contributed by atoms with van der Waals surface area (Å²) in [5, 5.41) is 13.2. The maximum atomic E-state index is 14.7. The number of fused-ring (bicyclic) bond motifs is 2. The van der Waals surface area contributed by atoms with Crippen LogP contribution in [0.5, 0.6) is 0 Å². The zero-order chi connectivity index (χ0) is 31.0. The molecule has 236 valence electrons. The average molecular weight is 606 g/mol. The molecule has 2 N–H and O–H groups in total. The van der Waals surface area contributed by atoms with Crippen LogP contribution >= 0.6 is 0 Å². The van der Waals surface area contributed by atoms with Crippen LogP contribution in [0.2, 0.25) is 0 Å². The quantitative estimate of drug-likeness (QED) is 0.400. The molecular formula is C34H43N3O7. The minimum Gasteiger partial charge on any atom is -0.455 e. The first kappa shape index (κ1) is 30.5. The number of aliphatic hydroxyl groups excluding tert-OH is 1. The third kappa shape index (κ3) is 5.26. The average Bonchev–Trinajstić information content (AvgIpc) is 3.68. The summed E-state index contributed by atoms with van der Waals surface area (Å²) < 4.78 is 12.7. The van der Waals surface area contributed by atoms with Gasteiger partial charge in [0.2, 0.25) is 17.7 Å². The molecule has 5 aliphatic rings. The van der Waals surface area contributed by atoms with Gasteiger partial charge in [-0.15, -0.1) is 0 Å². The van der Waals surface area contributed by atoms with E-state index < -0.39 is 59.6 Å². The van der Waals surface area contributed by atoms with Gasteiger partial charge in [0.25, 0.3) is 0 Å². The first-order valence-corrected chi connectivity index (χ1v) is 16.1. The summed E-state index contributed by atoms with van der Waals surface area (Å²) in [6.07, 6.45) is 11.5. The highest BCUT2D eigenvalue weighted by Gasteiger charge is 2.74. The lowest BCUT2D eigenvalue weighted by Crippen LogP contribution is -2.59. The van der Waals surface area contributed by atoms with E-state index in [0.717, 1.165) is 32.1 Å². The van der Waals surface area contributed by atoms with Crippen molar-refractivity contribution in [3.63, 3.8) is 0 Å². The van der Waals surface area contributed by atoms with Crippen LogP contribution in [0.4, 0.5) is 0 Å². The summed E-state index contributed by atoms with van der Waals surface area (Å²) in [5.41, 5.74) is -0.635. The number of esters is 1. The van der Waals surface area contributed by atoms with Crippen molar-refractivity contribution in [2.45, 2.75) is 101 Å². The SMILES string of the molecule is C[C@H](CO)N1C(=O)[C@H]2[C@@H]3C(=O)O[C@H](c4ccccc4)[C@@H](C)NC(=O)CC/C=C\CN(C4CCCCC4)C(=O)[C@H]1[C@@]21C=C[C@@H]3O1. The van der Waals surface area contributed by atoms with Crippen molar-refractivity contribution < 1.29 is 33.8 Å². The molecule has 1 saturated carbocycles. The number of aliphatic hydroxyl groups is 1. The third-order valence-corrected chi connectivity index (χ3v) is 10.1. The lowest BCUT2D eigenvalue weighted by molar-refractivity contribution is -0.162. The van der Waals surface area contributed by atoms with E-state index in [4.69, 9.17) is 9.47 Å². The zero-order valence-electron chi connectivity index (χ0n) is 25.5. The van der Waals surface area contributed by atoms with Gasteiger partial charge in [0.05, 0.1) is 30.7 Å². The Hall–Kier alpha value is -3.50. The summed E-state index contributed by atoms with van der Waals surface area (Å²) in [5.74, 6) is -3.38. The smallest absolute Gasteiger partial charge is 0.313 e. The fraction of sp³-hybridized carbons (Fsp3) is 0.588. The number of likely N-dealkylation sites (tertiary alicyclic amines) is 1. The predicted molar refractivity (Wildman–Crippen MR) is 161 cm³/mol. The predicted octanol–water partition coefficient (Wildman–Crippen LogP) is 2.82. The number of hydrogen-bond donors (Lipinski definition) is 2. The van der Waals surface area contributed by atoms with E-state index in [1.165, 1.54) is 4.90 Å². The molecular weight excluding hydrogens is 562 g/mol. The Labute approximate surface area is 258 Å². The molecule has 1 spiro atoms. The normalized spacial score (nSPS) is 36.2. The second-order valence-electron chi connectivity index (χ2n) is 12.9. The highest BCUT2D eigenvalue weighted by Crippen LogP contribution is 2.56. The van der Waals surface area contributed by atoms with E-state index in [2.05, 4.69) is 5.32 Å². The van der Waals surface area contributed by atoms with E-state index in [1.54, 1.807) is 26.0 Å². The molecule has 3 fully saturated rings. The number of amides is 3. The van der Waals surface area contributed by atoms with Crippen LogP contribution in [0, 0.1) is 11.8 Å². The monoisotopic (exact) mass is 605 g/mol. The molecule has 10 nitrogen and oxygen atoms in total. The minimum atomic E-state index is -1.35. The molecule has 1 aliphatic carbocycles. The van der Waals surface area contributed by atoms with Crippen molar-refractivity contribution in [1.82, 2.24) is 15.1 Å². The van der Waals surface area contributed by atoms with Crippen molar-refractivity contribution in [2.75, 3.05) is 13.2 Å². The Morgan fingerprint density at radius 1 is 1.05 bits per heavy atom. The van der Waals surface area contributed by atoms with E-state index in [9.17, 15) is 24.3 Å². The number of rotatable bonds is 4. The van der Waals surface area contributed by atoms with Crippen LogP contribution in [-0.4, -0.2) is 87.6 Å². The van der Waals surface area contributed by atoms with Crippen LogP contribution in [-0.2, 0) is 28.7 Å². The molecule has 3 amide bonds. The number of allylic oxidation sites excluding steroid dienone is 1. The van der Waals surface area contributed by atoms with Crippen molar-refractivity contribution in [1.29, 1.82) is 0 Å². The maximum absolute atomic E-state index is 14.7. The fourth-order valence-corrected chi connectivity index (χ4v) is 7.92. The molecule has 0 unspecified atom stereocenters. The van der Waals surface area contributed by atoms with Crippen LogP contribution in [0.25, 0.3) is 0 Å². The van der Waals surface area contributed by atoms with E-state index in [-0.39, 0.29) is 30.9 Å². The lowest BCUT2D eigenvalue weighted by atomic mass is 9.74. The van der Waals surface area contributed by atoms with Gasteiger partial charge in [-0.25, -0.2) is 0 Å². The second-order valence-corrected chi connectivity index (χ2v) is 12.9. The number of cyclic esters (lactones) is 1. The Bertz CT molecular complexity index is 1330. The molecule has 6 rings (SSSR count). The molecule has 0 radical (unpaired) electrons. The van der Waals surface area contributed by atoms with Crippen molar-refractivity contribution in [3.8, 4) is 0 Å². The second kappa shape index (κ2) is 12.5. The Balaban J connectivity index is 1.42. The van der Waals surface area contributed by atoms with Gasteiger partial charge in [-0.2, -0.15) is 0 Å². The highest BCUT2D eigenvalue weighted by molar-refractivity contribution is 5.99. The van der Waals surface area contributed by atoms with Crippen LogP contribution < -0.4 is 5.32 Å². The molecule has 4 heterocycles. The summed E-state index contributed by atoms with van der Waals surface area (Å²) >= 11 is 0. The van der Waals surface area contributed by atoms with Crippen LogP contribution in [0.15, 0.2) is 54.6 Å². The summed E-state index contributed by atoms with van der Waals surface area (Å²) in [4.78, 5) is 59.4. The van der Waals surface area contributed by atoms with Gasteiger partial charge in [0, 0.05) is 19.0 Å². The van der Waals surface area contributed by atoms with Gasteiger partial charge in [-0.05, 0) is 38.7 Å². The third-order valence-electron chi connectivity index (χ3n) is 10.1. The summed E-state index contributed by atoms with van der Waals surface area (Å²) in [7, 11) is 0. The molecule has 1 aromatic carbocycles. The topological polar surface area (TPSA) is 125 Å². The van der Waals surface area contributed by atoms with Gasteiger partial charge in [-0.3, -0.25) is 19.2 Å². The van der Waals surface area contributed by atoms with Crippen molar-refractivity contribution in [2.24, 2.45) is 11.8 Å². The molecule has 2 saturated heterocycles. The number of hydrogen-bond acceptors (Lipinski definition) is 7. The Morgan fingerprint density at radius 2 is 1.80 bits per heavy atom. The minimum absolute atomic E-state index is 0.000980. The number of ether oxygens (including phenoxy) is 2. The number of nitrogens with zero attached hydrogens (tertiary/aromatic N) is 2. The molecule has 4 aliphatic heterocycles. The largest absolute Gasteiger partial charge is 0.455 e. The van der Waals surface area contributed by atoms with E-state index >= 15 is 0 Å². The lowest BCUT2D eigenvalue weighted by Gasteiger charge is -2.41. The van der Waals surface area contributed by atoms with Gasteiger partial charge in [-0.1, -0.05) is 73.9 Å². The van der Waals surface area contributed by atoms with Gasteiger partial charge in [0.15, 0.2) is 0 Å². The number of nitrogens with one attached hydrogen (secondary N) is 1. The molecule has 0 aromatic heterocycles. The standard InChI is InChI=1S/C34H43N3O7/c1-21(20-38)37-30-32(41)36(24-14-8-4-9-15-24)19-11-5-10-16-26(39)35-22(2)29(23-12-6-3-7-13-23)43-33(42)27-25-17-18-34(30,44-25)28(27)31(37)40/h3,5-7,11-13,17-18,21-22,24-25,27-30,38H,4,8-10,14-16,19-20H2,1-2H3,(H,35,39)/b11-5-/t21-,22-,25+,27-,28-,29+,30+,34-/m1/s1. The van der Waals surface area contributed by atoms with E-state index in [1.807, 2.05) is 47.4 Å². The first-order valence-electron chi connectivity index (χ1n) is 16.1. The zero-order valence-corrected chi connectivity index (χ0v) is 25.5.